The first-order chi connectivity index (χ1) is 13.1. The number of nitrogens with zero attached hydrogens (tertiary/aromatic N) is 4. The Hall–Kier alpha value is -3.20. The van der Waals surface area contributed by atoms with Crippen LogP contribution in [0.4, 0.5) is 11.5 Å². The number of nitrogens with one attached hydrogen (secondary N) is 1. The predicted molar refractivity (Wildman–Crippen MR) is 99.2 cm³/mol. The van der Waals surface area contributed by atoms with E-state index in [-0.39, 0.29) is 22.2 Å². The van der Waals surface area contributed by atoms with Gasteiger partial charge in [-0.25, -0.2) is 9.97 Å². The Labute approximate surface area is 154 Å². The Morgan fingerprint density at radius 1 is 1.26 bits per heavy atom. The zero-order chi connectivity index (χ0) is 19.0. The average Bonchev–Trinajstić information content (AvgIpc) is 3.03. The molecule has 0 unspecified atom stereocenters. The fourth-order valence-electron chi connectivity index (χ4n) is 3.17. The van der Waals surface area contributed by atoms with E-state index in [0.29, 0.717) is 43.6 Å². The van der Waals surface area contributed by atoms with E-state index >= 15 is 0 Å². The first kappa shape index (κ1) is 17.2. The highest BCUT2D eigenvalue weighted by molar-refractivity contribution is 6.13. The number of rotatable bonds is 3. The van der Waals surface area contributed by atoms with E-state index in [0.717, 1.165) is 0 Å². The van der Waals surface area contributed by atoms with Gasteiger partial charge in [-0.2, -0.15) is 0 Å². The van der Waals surface area contributed by atoms with Gasteiger partial charge in [-0.3, -0.25) is 9.59 Å². The molecule has 3 aromatic heterocycles. The molecule has 0 spiro atoms. The predicted octanol–water partition coefficient (Wildman–Crippen LogP) is 1.32. The summed E-state index contributed by atoms with van der Waals surface area (Å²) < 4.78 is 12.2. The molecule has 1 aliphatic rings. The molecule has 4 heterocycles. The summed E-state index contributed by atoms with van der Waals surface area (Å²) in [6.45, 7) is 4.24. The second-order valence-corrected chi connectivity index (χ2v) is 6.30. The molecule has 0 saturated carbocycles. The van der Waals surface area contributed by atoms with Gasteiger partial charge in [-0.05, 0) is 19.1 Å². The number of morpholine rings is 1. The lowest BCUT2D eigenvalue weighted by molar-refractivity contribution is 0.102. The first-order valence-electron chi connectivity index (χ1n) is 8.60. The van der Waals surface area contributed by atoms with Crippen LogP contribution in [0.3, 0.4) is 0 Å². The number of carbonyl (C=O) groups is 1. The van der Waals surface area contributed by atoms with Crippen molar-refractivity contribution in [2.45, 2.75) is 6.92 Å². The molecule has 0 aromatic carbocycles. The van der Waals surface area contributed by atoms with Crippen LogP contribution >= 0.6 is 0 Å². The second kappa shape index (κ2) is 6.84. The van der Waals surface area contributed by atoms with E-state index in [4.69, 9.17) is 9.15 Å². The molecular weight excluding hydrogens is 350 g/mol. The molecule has 1 amide bonds. The van der Waals surface area contributed by atoms with E-state index in [1.54, 1.807) is 32.3 Å². The number of pyridine rings is 1. The highest BCUT2D eigenvalue weighted by atomic mass is 16.5. The van der Waals surface area contributed by atoms with E-state index in [1.807, 2.05) is 0 Å². The summed E-state index contributed by atoms with van der Waals surface area (Å²) in [6.07, 6.45) is 3.05. The van der Waals surface area contributed by atoms with Crippen molar-refractivity contribution in [2.75, 3.05) is 36.5 Å². The van der Waals surface area contributed by atoms with Crippen molar-refractivity contribution >= 4 is 28.5 Å². The molecule has 3 aromatic rings. The maximum atomic E-state index is 13.0. The van der Waals surface area contributed by atoms with E-state index in [9.17, 15) is 9.59 Å². The Kier molecular flexibility index (Phi) is 4.36. The van der Waals surface area contributed by atoms with Crippen LogP contribution in [0.25, 0.3) is 11.1 Å². The Balaban J connectivity index is 1.72. The summed E-state index contributed by atoms with van der Waals surface area (Å²) in [5, 5.41) is 3.04. The van der Waals surface area contributed by atoms with Crippen molar-refractivity contribution in [1.29, 1.82) is 0 Å². The van der Waals surface area contributed by atoms with Crippen molar-refractivity contribution in [3.63, 3.8) is 0 Å². The zero-order valence-electron chi connectivity index (χ0n) is 15.1. The lowest BCUT2D eigenvalue weighted by atomic mass is 10.1. The Bertz CT molecular complexity index is 1070. The fraction of sp³-hybridized carbons (Fsp3) is 0.333. The Morgan fingerprint density at radius 2 is 2.04 bits per heavy atom. The number of ether oxygens (including phenoxy) is 1. The van der Waals surface area contributed by atoms with Gasteiger partial charge in [0, 0.05) is 26.3 Å². The van der Waals surface area contributed by atoms with Gasteiger partial charge in [0.1, 0.15) is 17.5 Å². The molecule has 0 aliphatic carbocycles. The third-order valence-electron chi connectivity index (χ3n) is 4.52. The number of amides is 1. The maximum absolute atomic E-state index is 13.0. The van der Waals surface area contributed by atoms with Gasteiger partial charge >= 0.3 is 0 Å². The van der Waals surface area contributed by atoms with Crippen molar-refractivity contribution in [3.05, 3.63) is 46.3 Å². The fourth-order valence-corrected chi connectivity index (χ4v) is 3.17. The molecule has 140 valence electrons. The molecule has 9 nitrogen and oxygen atoms in total. The molecule has 9 heteroatoms. The summed E-state index contributed by atoms with van der Waals surface area (Å²) in [7, 11) is 1.58. The molecule has 1 fully saturated rings. The van der Waals surface area contributed by atoms with Gasteiger partial charge in [0.15, 0.2) is 5.82 Å². The molecule has 0 atom stereocenters. The molecule has 27 heavy (non-hydrogen) atoms. The van der Waals surface area contributed by atoms with Gasteiger partial charge in [0.25, 0.3) is 11.5 Å². The quantitative estimate of drug-likeness (QED) is 0.743. The molecule has 4 rings (SSSR count). The zero-order valence-corrected chi connectivity index (χ0v) is 15.1. The lowest BCUT2D eigenvalue weighted by Crippen LogP contribution is -2.37. The highest BCUT2D eigenvalue weighted by Crippen LogP contribution is 2.26. The average molecular weight is 369 g/mol. The van der Waals surface area contributed by atoms with Crippen LogP contribution in [0, 0.1) is 6.92 Å². The van der Waals surface area contributed by atoms with Crippen molar-refractivity contribution in [2.24, 2.45) is 7.05 Å². The second-order valence-electron chi connectivity index (χ2n) is 6.30. The summed E-state index contributed by atoms with van der Waals surface area (Å²) in [4.78, 5) is 36.0. The number of hydrogen-bond donors (Lipinski definition) is 1. The maximum Gasteiger partial charge on any atom is 0.265 e. The van der Waals surface area contributed by atoms with Gasteiger partial charge in [0.05, 0.1) is 24.5 Å². The summed E-state index contributed by atoms with van der Waals surface area (Å²) in [5.74, 6) is 0.583. The highest BCUT2D eigenvalue weighted by Gasteiger charge is 2.24. The molecule has 0 bridgehead atoms. The third-order valence-corrected chi connectivity index (χ3v) is 4.52. The number of aryl methyl sites for hydroxylation is 2. The number of anilines is 2. The SMILES string of the molecule is Cc1oc2ncn(C)c(=O)c2c1C(=O)Nc1cccnc1N1CCOCC1. The Morgan fingerprint density at radius 3 is 2.81 bits per heavy atom. The largest absolute Gasteiger partial charge is 0.442 e. The van der Waals surface area contributed by atoms with Crippen LogP contribution < -0.4 is 15.8 Å². The number of carbonyl (C=O) groups excluding carboxylic acids is 1. The van der Waals surface area contributed by atoms with Crippen LogP contribution in [-0.4, -0.2) is 46.7 Å². The van der Waals surface area contributed by atoms with E-state index in [1.165, 1.54) is 10.9 Å². The summed E-state index contributed by atoms with van der Waals surface area (Å²) >= 11 is 0. The first-order valence-corrected chi connectivity index (χ1v) is 8.60. The standard InChI is InChI=1S/C18H19N5O4/c1-11-13(14-17(27-11)20-10-22(2)18(14)25)16(24)21-12-4-3-5-19-15(12)23-6-8-26-9-7-23/h3-5,10H,6-9H2,1-2H3,(H,21,24). The van der Waals surface area contributed by atoms with Crippen molar-refractivity contribution in [1.82, 2.24) is 14.5 Å². The van der Waals surface area contributed by atoms with Crippen molar-refractivity contribution in [3.8, 4) is 0 Å². The molecule has 1 saturated heterocycles. The van der Waals surface area contributed by atoms with Gasteiger partial charge in [0.2, 0.25) is 5.71 Å². The minimum Gasteiger partial charge on any atom is -0.442 e. The smallest absolute Gasteiger partial charge is 0.265 e. The van der Waals surface area contributed by atoms with Crippen LogP contribution in [0.1, 0.15) is 16.1 Å². The molecule has 1 aliphatic heterocycles. The van der Waals surface area contributed by atoms with Crippen LogP contribution in [0.2, 0.25) is 0 Å². The van der Waals surface area contributed by atoms with E-state index in [2.05, 4.69) is 20.2 Å². The van der Waals surface area contributed by atoms with Gasteiger partial charge in [-0.1, -0.05) is 0 Å². The van der Waals surface area contributed by atoms with Gasteiger partial charge < -0.3 is 23.9 Å². The van der Waals surface area contributed by atoms with Crippen molar-refractivity contribution < 1.29 is 13.9 Å². The van der Waals surface area contributed by atoms with Crippen LogP contribution in [0.5, 0.6) is 0 Å². The molecular formula is C18H19N5O4. The number of hydrogen-bond acceptors (Lipinski definition) is 7. The van der Waals surface area contributed by atoms with Crippen LogP contribution in [-0.2, 0) is 11.8 Å². The minimum absolute atomic E-state index is 0.153. The number of fused-ring (bicyclic) bond motifs is 1. The lowest BCUT2D eigenvalue weighted by Gasteiger charge is -2.29. The summed E-state index contributed by atoms with van der Waals surface area (Å²) in [6, 6.07) is 3.53. The third kappa shape index (κ3) is 3.06. The number of aromatic nitrogens is 3. The number of furan rings is 1. The van der Waals surface area contributed by atoms with Crippen LogP contribution in [0.15, 0.2) is 33.9 Å². The minimum atomic E-state index is -0.432. The topological polar surface area (TPSA) is 102 Å². The van der Waals surface area contributed by atoms with E-state index < -0.39 is 5.91 Å². The normalized spacial score (nSPS) is 14.5. The molecule has 1 N–H and O–H groups in total. The summed E-state index contributed by atoms with van der Waals surface area (Å²) in [5.41, 5.74) is 0.580. The molecule has 0 radical (unpaired) electrons. The van der Waals surface area contributed by atoms with Gasteiger partial charge in [-0.15, -0.1) is 0 Å². The monoisotopic (exact) mass is 369 g/mol.